The Balaban J connectivity index is 0. The van der Waals surface area contributed by atoms with Crippen molar-refractivity contribution in [2.75, 3.05) is 0 Å². The first kappa shape index (κ1) is 15.7. The molecule has 1 saturated carbocycles. The molecule has 0 amide bonds. The zero-order valence-electron chi connectivity index (χ0n) is 8.32. The van der Waals surface area contributed by atoms with Crippen LogP contribution in [0, 0.1) is 5.41 Å². The predicted molar refractivity (Wildman–Crippen MR) is 46.4 cm³/mol. The van der Waals surface area contributed by atoms with Crippen molar-refractivity contribution in [1.29, 1.82) is 0 Å². The van der Waals surface area contributed by atoms with Crippen molar-refractivity contribution in [2.24, 2.45) is 5.41 Å². The van der Waals surface area contributed by atoms with Gasteiger partial charge in [-0.2, -0.15) is 0 Å². The summed E-state index contributed by atoms with van der Waals surface area (Å²) < 4.78 is 0. The minimum absolute atomic E-state index is 0. The van der Waals surface area contributed by atoms with Gasteiger partial charge in [0.15, 0.2) is 0 Å². The van der Waals surface area contributed by atoms with Gasteiger partial charge in [-0.3, -0.25) is 0 Å². The van der Waals surface area contributed by atoms with Gasteiger partial charge < -0.3 is 22.1 Å². The predicted octanol–water partition coefficient (Wildman–Crippen LogP) is -1.67. The zero-order chi connectivity index (χ0) is 7.83. The van der Waals surface area contributed by atoms with Gasteiger partial charge in [0.05, 0.1) is 0 Å². The van der Waals surface area contributed by atoms with E-state index in [2.05, 4.69) is 20.8 Å². The first-order valence-corrected chi connectivity index (χ1v) is 4.16. The maximum atomic E-state index is 11.9. The van der Waals surface area contributed by atoms with E-state index in [1.807, 2.05) is 0 Å². The van der Waals surface area contributed by atoms with Crippen LogP contribution in [-0.4, -0.2) is 28.7 Å². The Morgan fingerprint density at radius 1 is 1.08 bits per heavy atom. The van der Waals surface area contributed by atoms with Gasteiger partial charge in [-0.1, -0.05) is 46.5 Å². The molecule has 0 aliphatic heterocycles. The molecule has 68 valence electrons. The van der Waals surface area contributed by atoms with Gasteiger partial charge >= 0.3 is 23.1 Å². The summed E-state index contributed by atoms with van der Waals surface area (Å²) in [4.78, 5) is 0. The van der Waals surface area contributed by atoms with Crippen LogP contribution in [-0.2, 0) is 0 Å². The van der Waals surface area contributed by atoms with Gasteiger partial charge in [-0.25, -0.2) is 0 Å². The van der Waals surface area contributed by atoms with Crippen LogP contribution in [0.1, 0.15) is 46.5 Å². The molecule has 1 fully saturated rings. The van der Waals surface area contributed by atoms with Crippen molar-refractivity contribution in [3.63, 3.8) is 0 Å². The molecule has 1 aliphatic carbocycles. The average molecular weight is 245 g/mol. The Morgan fingerprint density at radius 2 is 1.42 bits per heavy atom. The summed E-state index contributed by atoms with van der Waals surface area (Å²) in [6.45, 7) is 6.18. The number of hydrogen-bond acceptors (Lipinski definition) is 1. The molecule has 1 aliphatic rings. The summed E-state index contributed by atoms with van der Waals surface area (Å²) in [5, 5.41) is 11.9. The van der Waals surface area contributed by atoms with Crippen molar-refractivity contribution in [1.82, 2.24) is 0 Å². The summed E-state index contributed by atoms with van der Waals surface area (Å²) in [5.41, 5.74) is -0.656. The largest absolute Gasteiger partial charge is 2.00 e. The normalized spacial score (nSPS) is 21.0. The molecule has 0 aromatic heterocycles. The topological polar surface area (TPSA) is 23.1 Å². The maximum Gasteiger partial charge on any atom is 2.00 e. The molecule has 0 radical (unpaired) electrons. The fourth-order valence-corrected chi connectivity index (χ4v) is 1.70. The van der Waals surface area contributed by atoms with Crippen LogP contribution in [0.5, 0.6) is 0 Å². The summed E-state index contributed by atoms with van der Waals surface area (Å²) >= 11 is 0. The monoisotopic (exact) mass is 244 g/mol. The molecule has 0 atom stereocenters. The van der Waals surface area contributed by atoms with E-state index in [4.69, 9.17) is 0 Å². The standard InChI is InChI=1S/C9H17O.BrH.Mg/c1-8(2,3)9(10)6-4-5-7-9;;/h4-7H2,1-3H3;1H;/q-1;;+2/p-1. The second-order valence-electron chi connectivity index (χ2n) is 4.45. The molecule has 0 saturated heterocycles. The molecule has 0 spiro atoms. The second kappa shape index (κ2) is 5.18. The molecule has 1 rings (SSSR count). The SMILES string of the molecule is CC(C)(C)C1([O-])CCCC1.[Br-].[Mg+2]. The molecule has 3 heteroatoms. The number of hydrogen-bond donors (Lipinski definition) is 0. The summed E-state index contributed by atoms with van der Waals surface area (Å²) in [6, 6.07) is 0. The number of rotatable bonds is 0. The van der Waals surface area contributed by atoms with Crippen molar-refractivity contribution in [3.05, 3.63) is 0 Å². The van der Waals surface area contributed by atoms with Gasteiger partial charge in [0, 0.05) is 0 Å². The molecule has 0 aromatic rings. The van der Waals surface area contributed by atoms with Gasteiger partial charge in [0.1, 0.15) is 0 Å². The quantitative estimate of drug-likeness (QED) is 0.468. The van der Waals surface area contributed by atoms with Crippen molar-refractivity contribution in [2.45, 2.75) is 52.1 Å². The van der Waals surface area contributed by atoms with Crippen LogP contribution in [0.3, 0.4) is 0 Å². The van der Waals surface area contributed by atoms with E-state index in [9.17, 15) is 5.11 Å². The van der Waals surface area contributed by atoms with E-state index < -0.39 is 5.60 Å². The van der Waals surface area contributed by atoms with Crippen LogP contribution in [0.25, 0.3) is 0 Å². The minimum atomic E-state index is -0.618. The third kappa shape index (κ3) is 3.16. The molecule has 0 unspecified atom stereocenters. The molecule has 0 aromatic carbocycles. The van der Waals surface area contributed by atoms with E-state index in [-0.39, 0.29) is 45.4 Å². The van der Waals surface area contributed by atoms with Crippen LogP contribution in [0.4, 0.5) is 0 Å². The molecule has 0 heterocycles. The van der Waals surface area contributed by atoms with Gasteiger partial charge in [-0.15, -0.1) is 5.60 Å². The fourth-order valence-electron chi connectivity index (χ4n) is 1.70. The third-order valence-corrected chi connectivity index (χ3v) is 2.78. The maximum absolute atomic E-state index is 11.9. The summed E-state index contributed by atoms with van der Waals surface area (Å²) in [5.74, 6) is 0. The molecular weight excluding hydrogens is 228 g/mol. The minimum Gasteiger partial charge on any atom is -1.00 e. The molecule has 0 N–H and O–H groups in total. The Hall–Kier alpha value is 1.21. The third-order valence-electron chi connectivity index (χ3n) is 2.78. The zero-order valence-corrected chi connectivity index (χ0v) is 11.3. The van der Waals surface area contributed by atoms with E-state index in [0.29, 0.717) is 0 Å². The Labute approximate surface area is 102 Å². The van der Waals surface area contributed by atoms with Crippen LogP contribution >= 0.6 is 0 Å². The Kier molecular flexibility index (Phi) is 6.76. The number of halogens is 1. The van der Waals surface area contributed by atoms with Crippen molar-refractivity contribution >= 4 is 23.1 Å². The summed E-state index contributed by atoms with van der Waals surface area (Å²) in [6.07, 6.45) is 4.05. The van der Waals surface area contributed by atoms with Crippen molar-refractivity contribution in [3.8, 4) is 0 Å². The Morgan fingerprint density at radius 3 is 1.58 bits per heavy atom. The Bertz CT molecular complexity index is 125. The van der Waals surface area contributed by atoms with Gasteiger partial charge in [-0.05, 0) is 5.41 Å². The smallest absolute Gasteiger partial charge is 1.00 e. The molecule has 12 heavy (non-hydrogen) atoms. The molecule has 1 nitrogen and oxygen atoms in total. The van der Waals surface area contributed by atoms with Crippen molar-refractivity contribution < 1.29 is 22.1 Å². The van der Waals surface area contributed by atoms with Crippen LogP contribution in [0.2, 0.25) is 0 Å². The molecule has 0 bridgehead atoms. The second-order valence-corrected chi connectivity index (χ2v) is 4.45. The van der Waals surface area contributed by atoms with Crippen LogP contribution in [0.15, 0.2) is 0 Å². The van der Waals surface area contributed by atoms with E-state index >= 15 is 0 Å². The van der Waals surface area contributed by atoms with E-state index in [1.165, 1.54) is 0 Å². The first-order chi connectivity index (χ1) is 4.46. The van der Waals surface area contributed by atoms with E-state index in [1.54, 1.807) is 0 Å². The first-order valence-electron chi connectivity index (χ1n) is 4.16. The van der Waals surface area contributed by atoms with Gasteiger partial charge in [0.2, 0.25) is 0 Å². The van der Waals surface area contributed by atoms with Gasteiger partial charge in [0.25, 0.3) is 0 Å². The average Bonchev–Trinajstić information content (AvgIpc) is 2.13. The van der Waals surface area contributed by atoms with E-state index in [0.717, 1.165) is 25.7 Å². The van der Waals surface area contributed by atoms with Crippen LogP contribution < -0.4 is 22.1 Å². The molecular formula is C9H17BrMgO. The fraction of sp³-hybridized carbons (Fsp3) is 1.00. The summed E-state index contributed by atoms with van der Waals surface area (Å²) in [7, 11) is 0.